The Bertz CT molecular complexity index is 713. The SMILES string of the molecule is CC1C/C=C\C(c2ccc(O)cc2)(c2ccc(O)cc2)CCCCCCC1C. The van der Waals surface area contributed by atoms with E-state index in [1.807, 2.05) is 24.3 Å². The molecule has 0 fully saturated rings. The Hall–Kier alpha value is -2.22. The quantitative estimate of drug-likeness (QED) is 0.555. The molecule has 0 heterocycles. The number of hydrogen-bond acceptors (Lipinski definition) is 2. The molecule has 0 aliphatic heterocycles. The van der Waals surface area contributed by atoms with Crippen molar-refractivity contribution in [2.75, 3.05) is 0 Å². The first-order chi connectivity index (χ1) is 13.5. The molecular weight excluding hydrogens is 344 g/mol. The summed E-state index contributed by atoms with van der Waals surface area (Å²) in [6.07, 6.45) is 13.2. The van der Waals surface area contributed by atoms with E-state index >= 15 is 0 Å². The van der Waals surface area contributed by atoms with Crippen molar-refractivity contribution in [3.05, 3.63) is 71.8 Å². The molecular formula is C26H34O2. The van der Waals surface area contributed by atoms with Crippen LogP contribution < -0.4 is 0 Å². The molecule has 3 rings (SSSR count). The van der Waals surface area contributed by atoms with Crippen LogP contribution in [0, 0.1) is 11.8 Å². The fourth-order valence-electron chi connectivity index (χ4n) is 4.47. The van der Waals surface area contributed by atoms with Gasteiger partial charge in [0.15, 0.2) is 0 Å². The van der Waals surface area contributed by atoms with E-state index in [0.29, 0.717) is 17.4 Å². The summed E-state index contributed by atoms with van der Waals surface area (Å²) >= 11 is 0. The maximum Gasteiger partial charge on any atom is 0.115 e. The van der Waals surface area contributed by atoms with Gasteiger partial charge in [0.2, 0.25) is 0 Å². The molecule has 0 saturated heterocycles. The lowest BCUT2D eigenvalue weighted by Gasteiger charge is -2.33. The van der Waals surface area contributed by atoms with Gasteiger partial charge >= 0.3 is 0 Å². The van der Waals surface area contributed by atoms with Crippen LogP contribution in [0.4, 0.5) is 0 Å². The second-order valence-electron chi connectivity index (χ2n) is 8.61. The first-order valence-electron chi connectivity index (χ1n) is 10.8. The van der Waals surface area contributed by atoms with Gasteiger partial charge in [-0.2, -0.15) is 0 Å². The summed E-state index contributed by atoms with van der Waals surface area (Å²) in [5, 5.41) is 19.6. The van der Waals surface area contributed by atoms with E-state index in [1.165, 1.54) is 36.8 Å². The van der Waals surface area contributed by atoms with Gasteiger partial charge in [0.05, 0.1) is 0 Å². The van der Waals surface area contributed by atoms with E-state index in [-0.39, 0.29) is 5.41 Å². The predicted octanol–water partition coefficient (Wildman–Crippen LogP) is 6.96. The van der Waals surface area contributed by atoms with E-state index in [1.54, 1.807) is 24.3 Å². The van der Waals surface area contributed by atoms with Crippen molar-refractivity contribution in [1.29, 1.82) is 0 Å². The van der Waals surface area contributed by atoms with Crippen molar-refractivity contribution < 1.29 is 10.2 Å². The number of rotatable bonds is 2. The van der Waals surface area contributed by atoms with Crippen molar-refractivity contribution >= 4 is 0 Å². The number of phenolic OH excluding ortho intramolecular Hbond substituents is 2. The third kappa shape index (κ3) is 4.79. The van der Waals surface area contributed by atoms with Crippen molar-refractivity contribution in [3.63, 3.8) is 0 Å². The van der Waals surface area contributed by atoms with Crippen LogP contribution in [0.5, 0.6) is 11.5 Å². The number of benzene rings is 2. The van der Waals surface area contributed by atoms with Crippen molar-refractivity contribution in [2.45, 2.75) is 64.2 Å². The maximum absolute atomic E-state index is 9.81. The second-order valence-corrected chi connectivity index (χ2v) is 8.61. The van der Waals surface area contributed by atoms with Crippen molar-refractivity contribution in [2.24, 2.45) is 11.8 Å². The molecule has 2 unspecified atom stereocenters. The minimum Gasteiger partial charge on any atom is -0.508 e. The molecule has 0 amide bonds. The molecule has 0 aromatic heterocycles. The normalized spacial score (nSPS) is 24.6. The summed E-state index contributed by atoms with van der Waals surface area (Å²) in [6.45, 7) is 4.75. The van der Waals surface area contributed by atoms with Crippen molar-refractivity contribution in [1.82, 2.24) is 0 Å². The maximum atomic E-state index is 9.81. The van der Waals surface area contributed by atoms with E-state index in [4.69, 9.17) is 0 Å². The molecule has 1 aliphatic rings. The molecule has 0 spiro atoms. The van der Waals surface area contributed by atoms with Crippen LogP contribution in [0.1, 0.15) is 69.9 Å². The molecule has 1 aliphatic carbocycles. The Morgan fingerprint density at radius 3 is 1.82 bits per heavy atom. The van der Waals surface area contributed by atoms with E-state index in [2.05, 4.69) is 26.0 Å². The summed E-state index contributed by atoms with van der Waals surface area (Å²) < 4.78 is 0. The standard InChI is InChI=1S/C26H34O2/c1-20-8-5-3-4-6-18-26(19-7-9-21(20)2,22-10-14-24(27)15-11-22)23-12-16-25(28)17-13-23/h7,10-17,19-21,27-28H,3-6,8-9,18H2,1-2H3/b19-7-. The van der Waals surface area contributed by atoms with Gasteiger partial charge in [-0.3, -0.25) is 0 Å². The van der Waals surface area contributed by atoms with Gasteiger partial charge in [0.1, 0.15) is 11.5 Å². The lowest BCUT2D eigenvalue weighted by atomic mass is 9.70. The third-order valence-corrected chi connectivity index (χ3v) is 6.63. The average molecular weight is 379 g/mol. The van der Waals surface area contributed by atoms with Crippen LogP contribution in [-0.4, -0.2) is 10.2 Å². The monoisotopic (exact) mass is 378 g/mol. The molecule has 2 heteroatoms. The summed E-state index contributed by atoms with van der Waals surface area (Å²) in [4.78, 5) is 0. The van der Waals surface area contributed by atoms with Gasteiger partial charge in [-0.1, -0.05) is 82.4 Å². The largest absolute Gasteiger partial charge is 0.508 e. The molecule has 0 radical (unpaired) electrons. The van der Waals surface area contributed by atoms with Gasteiger partial charge in [0, 0.05) is 5.41 Å². The highest BCUT2D eigenvalue weighted by Gasteiger charge is 2.31. The summed E-state index contributed by atoms with van der Waals surface area (Å²) in [7, 11) is 0. The Morgan fingerprint density at radius 1 is 0.714 bits per heavy atom. The van der Waals surface area contributed by atoms with Crippen LogP contribution in [0.15, 0.2) is 60.7 Å². The fourth-order valence-corrected chi connectivity index (χ4v) is 4.47. The molecule has 28 heavy (non-hydrogen) atoms. The zero-order chi connectivity index (χ0) is 20.0. The molecule has 2 atom stereocenters. The molecule has 0 bridgehead atoms. The zero-order valence-corrected chi connectivity index (χ0v) is 17.3. The minimum atomic E-state index is -0.233. The Morgan fingerprint density at radius 2 is 1.25 bits per heavy atom. The molecule has 150 valence electrons. The molecule has 2 nitrogen and oxygen atoms in total. The van der Waals surface area contributed by atoms with Crippen LogP contribution in [0.25, 0.3) is 0 Å². The van der Waals surface area contributed by atoms with Crippen molar-refractivity contribution in [3.8, 4) is 11.5 Å². The number of allylic oxidation sites excluding steroid dienone is 2. The van der Waals surface area contributed by atoms with Gasteiger partial charge in [-0.15, -0.1) is 0 Å². The lowest BCUT2D eigenvalue weighted by molar-refractivity contribution is 0.349. The van der Waals surface area contributed by atoms with Crippen LogP contribution in [-0.2, 0) is 5.41 Å². The number of aromatic hydroxyl groups is 2. The van der Waals surface area contributed by atoms with E-state index < -0.39 is 0 Å². The summed E-state index contributed by atoms with van der Waals surface area (Å²) in [6, 6.07) is 15.3. The first kappa shape index (κ1) is 20.5. The Labute approximate surface area is 169 Å². The molecule has 2 aromatic carbocycles. The molecule has 2 N–H and O–H groups in total. The highest BCUT2D eigenvalue weighted by atomic mass is 16.3. The van der Waals surface area contributed by atoms with Gasteiger partial charge in [-0.05, 0) is 60.1 Å². The highest BCUT2D eigenvalue weighted by molar-refractivity contribution is 5.47. The Balaban J connectivity index is 2.06. The fraction of sp³-hybridized carbons (Fsp3) is 0.462. The van der Waals surface area contributed by atoms with Gasteiger partial charge < -0.3 is 10.2 Å². The molecule has 2 aromatic rings. The van der Waals surface area contributed by atoms with Crippen LogP contribution >= 0.6 is 0 Å². The smallest absolute Gasteiger partial charge is 0.115 e. The first-order valence-corrected chi connectivity index (χ1v) is 10.8. The molecule has 0 saturated carbocycles. The predicted molar refractivity (Wildman–Crippen MR) is 117 cm³/mol. The van der Waals surface area contributed by atoms with Gasteiger partial charge in [0.25, 0.3) is 0 Å². The van der Waals surface area contributed by atoms with E-state index in [9.17, 15) is 10.2 Å². The number of phenols is 2. The lowest BCUT2D eigenvalue weighted by Crippen LogP contribution is -2.25. The van der Waals surface area contributed by atoms with E-state index in [0.717, 1.165) is 25.2 Å². The average Bonchev–Trinajstić information content (AvgIpc) is 2.69. The summed E-state index contributed by atoms with van der Waals surface area (Å²) in [5.41, 5.74) is 2.17. The third-order valence-electron chi connectivity index (χ3n) is 6.63. The Kier molecular flexibility index (Phi) is 6.83. The van der Waals surface area contributed by atoms with Crippen LogP contribution in [0.3, 0.4) is 0 Å². The zero-order valence-electron chi connectivity index (χ0n) is 17.3. The second kappa shape index (κ2) is 9.32. The topological polar surface area (TPSA) is 40.5 Å². The number of hydrogen-bond donors (Lipinski definition) is 2. The summed E-state index contributed by atoms with van der Waals surface area (Å²) in [5.74, 6) is 2.02. The van der Waals surface area contributed by atoms with Gasteiger partial charge in [-0.25, -0.2) is 0 Å². The minimum absolute atomic E-state index is 0.233. The highest BCUT2D eigenvalue weighted by Crippen LogP contribution is 2.41. The van der Waals surface area contributed by atoms with Crippen LogP contribution in [0.2, 0.25) is 0 Å².